The lowest BCUT2D eigenvalue weighted by Crippen LogP contribution is -2.59. The van der Waals surface area contributed by atoms with E-state index in [1.54, 1.807) is 24.4 Å². The van der Waals surface area contributed by atoms with Crippen molar-refractivity contribution in [3.63, 3.8) is 0 Å². The highest BCUT2D eigenvalue weighted by Crippen LogP contribution is 2.50. The molecule has 4 aliphatic rings. The minimum atomic E-state index is -1.09. The highest BCUT2D eigenvalue weighted by Gasteiger charge is 2.47. The monoisotopic (exact) mass is 674 g/mol. The van der Waals surface area contributed by atoms with E-state index >= 15 is 0 Å². The lowest BCUT2D eigenvalue weighted by Gasteiger charge is -2.44. The zero-order valence-electron chi connectivity index (χ0n) is 25.9. The van der Waals surface area contributed by atoms with Crippen molar-refractivity contribution >= 4 is 45.9 Å². The smallest absolute Gasteiger partial charge is 0.337 e. The van der Waals surface area contributed by atoms with Crippen LogP contribution in [0.5, 0.6) is 11.5 Å². The summed E-state index contributed by atoms with van der Waals surface area (Å²) in [5, 5.41) is 10.9. The van der Waals surface area contributed by atoms with Gasteiger partial charge in [-0.3, -0.25) is 9.88 Å². The molecule has 2 saturated heterocycles. The van der Waals surface area contributed by atoms with Gasteiger partial charge in [0.2, 0.25) is 0 Å². The number of anilines is 1. The molecule has 13 heteroatoms. The van der Waals surface area contributed by atoms with Crippen LogP contribution < -0.4 is 14.4 Å². The number of hydrogen-bond donors (Lipinski definition) is 0. The van der Waals surface area contributed by atoms with Gasteiger partial charge in [0, 0.05) is 32.8 Å². The second-order valence-electron chi connectivity index (χ2n) is 12.8. The molecule has 0 N–H and O–H groups in total. The Morgan fingerprint density at radius 2 is 1.96 bits per heavy atom. The van der Waals surface area contributed by atoms with Crippen molar-refractivity contribution in [1.29, 1.82) is 5.26 Å². The molecule has 0 bridgehead atoms. The summed E-state index contributed by atoms with van der Waals surface area (Å²) in [5.74, 6) is 0.566. The Labute approximate surface area is 281 Å². The van der Waals surface area contributed by atoms with Gasteiger partial charge in [-0.05, 0) is 49.2 Å². The number of methoxy groups -OCH3 is 1. The molecule has 1 saturated carbocycles. The second kappa shape index (κ2) is 11.3. The SMILES string of the molecule is COC(=O)c1cc(Cl)c2nc(CN3CCN(c4cccc5c4OC(C)(c4ccc(Cl)cn4)O5)[C@H]4COC[C@H]43)n(CC3(C#N)CC3)c2c1. The van der Waals surface area contributed by atoms with Crippen molar-refractivity contribution < 1.29 is 23.7 Å². The average molecular weight is 676 g/mol. The molecule has 3 atom stereocenters. The summed E-state index contributed by atoms with van der Waals surface area (Å²) in [5.41, 5.74) is 2.81. The van der Waals surface area contributed by atoms with E-state index < -0.39 is 17.2 Å². The van der Waals surface area contributed by atoms with Crippen molar-refractivity contribution in [3.05, 3.63) is 75.8 Å². The number of aromatic nitrogens is 3. The number of benzene rings is 2. The fourth-order valence-corrected chi connectivity index (χ4v) is 7.40. The Hall–Kier alpha value is -4.08. The van der Waals surface area contributed by atoms with Crippen LogP contribution in [0, 0.1) is 16.7 Å². The third kappa shape index (κ3) is 5.15. The third-order valence-electron chi connectivity index (χ3n) is 9.78. The fraction of sp³-hybridized carbons (Fsp3) is 0.412. The number of hydrogen-bond acceptors (Lipinski definition) is 10. The number of ether oxygens (including phenoxy) is 4. The highest BCUT2D eigenvalue weighted by molar-refractivity contribution is 6.35. The molecule has 1 unspecified atom stereocenters. The van der Waals surface area contributed by atoms with Gasteiger partial charge in [0.05, 0.1) is 77.2 Å². The maximum Gasteiger partial charge on any atom is 0.337 e. The van der Waals surface area contributed by atoms with Crippen molar-refractivity contribution in [3.8, 4) is 17.6 Å². The van der Waals surface area contributed by atoms with E-state index in [0.717, 1.165) is 43.0 Å². The van der Waals surface area contributed by atoms with Gasteiger partial charge in [-0.2, -0.15) is 5.26 Å². The molecule has 2 aromatic carbocycles. The van der Waals surface area contributed by atoms with Gasteiger partial charge in [-0.1, -0.05) is 29.3 Å². The molecular weight excluding hydrogens is 643 g/mol. The van der Waals surface area contributed by atoms with Gasteiger partial charge in [-0.25, -0.2) is 9.78 Å². The number of imidazole rings is 1. The van der Waals surface area contributed by atoms with Crippen LogP contribution in [0.15, 0.2) is 48.7 Å². The van der Waals surface area contributed by atoms with Gasteiger partial charge in [0.15, 0.2) is 11.5 Å². The molecular formula is C34H32Cl2N6O5. The summed E-state index contributed by atoms with van der Waals surface area (Å²) in [6, 6.07) is 15.5. The van der Waals surface area contributed by atoms with Crippen molar-refractivity contribution in [2.45, 2.75) is 50.7 Å². The minimum Gasteiger partial charge on any atom is -0.465 e. The number of rotatable bonds is 7. The van der Waals surface area contributed by atoms with E-state index in [2.05, 4.69) is 31.5 Å². The molecule has 11 nitrogen and oxygen atoms in total. The van der Waals surface area contributed by atoms with Gasteiger partial charge in [0.25, 0.3) is 5.79 Å². The lowest BCUT2D eigenvalue weighted by molar-refractivity contribution is -0.0716. The molecule has 5 heterocycles. The van der Waals surface area contributed by atoms with Gasteiger partial charge >= 0.3 is 5.97 Å². The molecule has 4 aromatic rings. The average Bonchev–Trinajstić information content (AvgIpc) is 3.34. The van der Waals surface area contributed by atoms with Crippen LogP contribution in [0.4, 0.5) is 5.69 Å². The first kappa shape index (κ1) is 30.3. The summed E-state index contributed by atoms with van der Waals surface area (Å²) < 4.78 is 26.0. The zero-order valence-corrected chi connectivity index (χ0v) is 27.4. The van der Waals surface area contributed by atoms with Gasteiger partial charge in [0.1, 0.15) is 17.0 Å². The number of nitriles is 1. The topological polar surface area (TPSA) is 115 Å². The molecule has 3 fully saturated rings. The summed E-state index contributed by atoms with van der Waals surface area (Å²) in [7, 11) is 1.34. The minimum absolute atomic E-state index is 0.0561. The van der Waals surface area contributed by atoms with Crippen LogP contribution in [-0.4, -0.2) is 70.9 Å². The Kier molecular flexibility index (Phi) is 7.26. The number of halogens is 2. The Balaban J connectivity index is 1.09. The van der Waals surface area contributed by atoms with Crippen LogP contribution >= 0.6 is 23.2 Å². The number of esters is 1. The quantitative estimate of drug-likeness (QED) is 0.231. The van der Waals surface area contributed by atoms with Crippen LogP contribution in [0.3, 0.4) is 0 Å². The van der Waals surface area contributed by atoms with E-state index in [1.807, 2.05) is 25.1 Å². The molecule has 2 aromatic heterocycles. The van der Waals surface area contributed by atoms with Crippen molar-refractivity contribution in [2.24, 2.45) is 5.41 Å². The number of fused-ring (bicyclic) bond motifs is 3. The standard InChI is InChI=1S/C34H32Cl2N6O5/c1-33(28-7-6-21(35)14-38-28)46-27-5-3-4-23(31(27)47-33)41-11-10-40(25-16-45-17-26(25)41)15-29-39-30-22(36)12-20(32(43)44-2)13-24(30)42(29)19-34(18-37)8-9-34/h3-7,12-14,25-26H,8-11,15-17,19H2,1-2H3/t25-,26+,33?/m1/s1. The summed E-state index contributed by atoms with van der Waals surface area (Å²) >= 11 is 12.8. The zero-order chi connectivity index (χ0) is 32.5. The van der Waals surface area contributed by atoms with E-state index in [-0.39, 0.29) is 12.1 Å². The summed E-state index contributed by atoms with van der Waals surface area (Å²) in [6.07, 6.45) is 3.23. The van der Waals surface area contributed by atoms with Crippen molar-refractivity contribution in [1.82, 2.24) is 19.4 Å². The largest absolute Gasteiger partial charge is 0.465 e. The first-order valence-electron chi connectivity index (χ1n) is 15.6. The molecule has 242 valence electrons. The third-order valence-corrected chi connectivity index (χ3v) is 10.3. The molecule has 3 aliphatic heterocycles. The predicted octanol–water partition coefficient (Wildman–Crippen LogP) is 5.56. The van der Waals surface area contributed by atoms with E-state index in [0.29, 0.717) is 64.6 Å². The molecule has 47 heavy (non-hydrogen) atoms. The number of pyridine rings is 1. The second-order valence-corrected chi connectivity index (χ2v) is 13.6. The Morgan fingerprint density at radius 1 is 1.13 bits per heavy atom. The van der Waals surface area contributed by atoms with Crippen LogP contribution in [-0.2, 0) is 28.4 Å². The van der Waals surface area contributed by atoms with Crippen molar-refractivity contribution in [2.75, 3.05) is 38.3 Å². The predicted molar refractivity (Wildman–Crippen MR) is 174 cm³/mol. The normalized spacial score (nSPS) is 24.3. The van der Waals surface area contributed by atoms with Gasteiger partial charge in [-0.15, -0.1) is 0 Å². The first-order valence-corrected chi connectivity index (χ1v) is 16.4. The maximum absolute atomic E-state index is 12.4. The van der Waals surface area contributed by atoms with E-state index in [4.69, 9.17) is 47.1 Å². The van der Waals surface area contributed by atoms with Crippen LogP contribution in [0.25, 0.3) is 11.0 Å². The van der Waals surface area contributed by atoms with E-state index in [1.165, 1.54) is 7.11 Å². The number of carbonyl (C=O) groups excluding carboxylic acids is 1. The molecule has 8 rings (SSSR count). The van der Waals surface area contributed by atoms with Crippen LogP contribution in [0.1, 0.15) is 41.6 Å². The maximum atomic E-state index is 12.4. The highest BCUT2D eigenvalue weighted by atomic mass is 35.5. The summed E-state index contributed by atoms with van der Waals surface area (Å²) in [4.78, 5) is 26.6. The number of piperazine rings is 1. The Morgan fingerprint density at radius 3 is 2.70 bits per heavy atom. The first-order chi connectivity index (χ1) is 22.7. The molecule has 0 amide bonds. The molecule has 0 radical (unpaired) electrons. The van der Waals surface area contributed by atoms with Gasteiger partial charge < -0.3 is 28.4 Å². The number of para-hydroxylation sites is 1. The molecule has 0 spiro atoms. The number of carbonyl (C=O) groups is 1. The molecule has 1 aliphatic carbocycles. The van der Waals surface area contributed by atoms with Crippen LogP contribution in [0.2, 0.25) is 10.0 Å². The number of nitrogens with zero attached hydrogens (tertiary/aromatic N) is 6. The summed E-state index contributed by atoms with van der Waals surface area (Å²) in [6.45, 7) is 5.45. The Bertz CT molecular complexity index is 1940. The lowest BCUT2D eigenvalue weighted by atomic mass is 10.0. The van der Waals surface area contributed by atoms with E-state index in [9.17, 15) is 10.1 Å². The fourth-order valence-electron chi connectivity index (χ4n) is 7.03.